The summed E-state index contributed by atoms with van der Waals surface area (Å²) in [5, 5.41) is 2.89. The minimum Gasteiger partial charge on any atom is -0.355 e. The van der Waals surface area contributed by atoms with Crippen LogP contribution in [0.5, 0.6) is 0 Å². The van der Waals surface area contributed by atoms with E-state index in [1.54, 1.807) is 28.8 Å². The summed E-state index contributed by atoms with van der Waals surface area (Å²) in [5.74, 6) is -0.0141. The van der Waals surface area contributed by atoms with Gasteiger partial charge in [0.1, 0.15) is 11.9 Å². The minimum absolute atomic E-state index is 0.101. The van der Waals surface area contributed by atoms with Crippen LogP contribution in [0, 0.1) is 12.7 Å². The molecule has 1 N–H and O–H groups in total. The number of nitrogens with zero attached hydrogens (tertiary/aromatic N) is 1. The summed E-state index contributed by atoms with van der Waals surface area (Å²) in [7, 11) is 0. The van der Waals surface area contributed by atoms with E-state index in [4.69, 9.17) is 0 Å². The van der Waals surface area contributed by atoms with Crippen LogP contribution in [0.1, 0.15) is 30.0 Å². The Hall–Kier alpha value is -3.12. The Balaban J connectivity index is 1.81. The van der Waals surface area contributed by atoms with E-state index in [9.17, 15) is 14.0 Å². The van der Waals surface area contributed by atoms with Crippen molar-refractivity contribution in [1.29, 1.82) is 0 Å². The fourth-order valence-corrected chi connectivity index (χ4v) is 4.51. The van der Waals surface area contributed by atoms with Crippen LogP contribution >= 0.6 is 11.8 Å². The van der Waals surface area contributed by atoms with Crippen molar-refractivity contribution in [3.63, 3.8) is 0 Å². The molecule has 3 aromatic rings. The number of hydrogen-bond donors (Lipinski definition) is 1. The molecular formula is C28H31FN2O2S. The van der Waals surface area contributed by atoms with Crippen molar-refractivity contribution in [3.8, 4) is 0 Å². The topological polar surface area (TPSA) is 49.4 Å². The summed E-state index contributed by atoms with van der Waals surface area (Å²) in [6, 6.07) is 23.3. The normalized spacial score (nSPS) is 11.6. The summed E-state index contributed by atoms with van der Waals surface area (Å²) >= 11 is 1.62. The zero-order chi connectivity index (χ0) is 24.3. The molecule has 0 radical (unpaired) electrons. The SMILES string of the molecule is CCNC(=O)[C@@H](Cc1ccccc1)N(Cc1ccc(F)cc1)C(=O)CCSc1ccc(C)cc1. The largest absolute Gasteiger partial charge is 0.355 e. The van der Waals surface area contributed by atoms with E-state index in [1.807, 2.05) is 56.3 Å². The predicted octanol–water partition coefficient (Wildman–Crippen LogP) is 5.39. The number of carbonyl (C=O) groups excluding carboxylic acids is 2. The van der Waals surface area contributed by atoms with Crippen molar-refractivity contribution in [1.82, 2.24) is 10.2 Å². The maximum absolute atomic E-state index is 13.5. The molecule has 0 aromatic heterocycles. The number of hydrogen-bond acceptors (Lipinski definition) is 3. The second kappa shape index (κ2) is 12.9. The average molecular weight is 479 g/mol. The average Bonchev–Trinajstić information content (AvgIpc) is 2.84. The summed E-state index contributed by atoms with van der Waals surface area (Å²) in [5.41, 5.74) is 2.95. The molecule has 3 rings (SSSR count). The van der Waals surface area contributed by atoms with Crippen molar-refractivity contribution >= 4 is 23.6 Å². The predicted molar refractivity (Wildman–Crippen MR) is 136 cm³/mol. The summed E-state index contributed by atoms with van der Waals surface area (Å²) in [6.07, 6.45) is 0.704. The maximum Gasteiger partial charge on any atom is 0.243 e. The van der Waals surface area contributed by atoms with Gasteiger partial charge in [-0.15, -0.1) is 11.8 Å². The second-order valence-electron chi connectivity index (χ2n) is 8.16. The number of likely N-dealkylation sites (N-methyl/N-ethyl adjacent to an activating group) is 1. The van der Waals surface area contributed by atoms with E-state index in [0.29, 0.717) is 25.1 Å². The van der Waals surface area contributed by atoms with E-state index < -0.39 is 6.04 Å². The van der Waals surface area contributed by atoms with Gasteiger partial charge in [-0.3, -0.25) is 9.59 Å². The Morgan fingerprint density at radius 2 is 1.62 bits per heavy atom. The highest BCUT2D eigenvalue weighted by Gasteiger charge is 2.29. The van der Waals surface area contributed by atoms with E-state index in [-0.39, 0.29) is 24.2 Å². The molecule has 0 fully saturated rings. The summed E-state index contributed by atoms with van der Waals surface area (Å²) < 4.78 is 13.5. The lowest BCUT2D eigenvalue weighted by Crippen LogP contribution is -2.50. The Labute approximate surface area is 205 Å². The lowest BCUT2D eigenvalue weighted by molar-refractivity contribution is -0.140. The van der Waals surface area contributed by atoms with Crippen molar-refractivity contribution in [2.24, 2.45) is 0 Å². The van der Waals surface area contributed by atoms with Crippen LogP contribution in [0.4, 0.5) is 4.39 Å². The van der Waals surface area contributed by atoms with Crippen LogP contribution in [0.25, 0.3) is 0 Å². The Morgan fingerprint density at radius 3 is 2.26 bits per heavy atom. The molecule has 0 aliphatic heterocycles. The van der Waals surface area contributed by atoms with Gasteiger partial charge in [-0.25, -0.2) is 4.39 Å². The van der Waals surface area contributed by atoms with Gasteiger partial charge in [-0.05, 0) is 49.2 Å². The van der Waals surface area contributed by atoms with Crippen LogP contribution in [0.15, 0.2) is 83.8 Å². The van der Waals surface area contributed by atoms with Gasteiger partial charge in [-0.2, -0.15) is 0 Å². The fraction of sp³-hybridized carbons (Fsp3) is 0.286. The number of amides is 2. The fourth-order valence-electron chi connectivity index (χ4n) is 3.67. The zero-order valence-corrected chi connectivity index (χ0v) is 20.5. The molecule has 0 heterocycles. The van der Waals surface area contributed by atoms with Gasteiger partial charge in [0.2, 0.25) is 11.8 Å². The molecule has 0 unspecified atom stereocenters. The van der Waals surface area contributed by atoms with E-state index >= 15 is 0 Å². The van der Waals surface area contributed by atoms with Crippen LogP contribution in [-0.2, 0) is 22.6 Å². The molecule has 178 valence electrons. The molecule has 34 heavy (non-hydrogen) atoms. The van der Waals surface area contributed by atoms with Crippen molar-refractivity contribution < 1.29 is 14.0 Å². The van der Waals surface area contributed by atoms with E-state index in [2.05, 4.69) is 17.4 Å². The first kappa shape index (κ1) is 25.5. The summed E-state index contributed by atoms with van der Waals surface area (Å²) in [4.78, 5) is 29.3. The number of aryl methyl sites for hydroxylation is 1. The van der Waals surface area contributed by atoms with Gasteiger partial charge in [0.25, 0.3) is 0 Å². The number of rotatable bonds is 11. The molecule has 0 saturated heterocycles. The maximum atomic E-state index is 13.5. The number of halogens is 1. The standard InChI is InChI=1S/C28H31FN2O2S/c1-3-30-28(33)26(19-22-7-5-4-6-8-22)31(20-23-11-13-24(29)14-12-23)27(32)17-18-34-25-15-9-21(2)10-16-25/h4-16,26H,3,17-20H2,1-2H3,(H,30,33)/t26-/m1/s1. The third-order valence-electron chi connectivity index (χ3n) is 5.49. The molecular weight excluding hydrogens is 447 g/mol. The van der Waals surface area contributed by atoms with E-state index in [1.165, 1.54) is 17.7 Å². The van der Waals surface area contributed by atoms with Crippen molar-refractivity contribution in [2.45, 2.75) is 44.2 Å². The van der Waals surface area contributed by atoms with Gasteiger partial charge in [0.15, 0.2) is 0 Å². The van der Waals surface area contributed by atoms with Gasteiger partial charge in [-0.1, -0.05) is 60.2 Å². The third-order valence-corrected chi connectivity index (χ3v) is 6.51. The first-order valence-corrected chi connectivity index (χ1v) is 12.5. The van der Waals surface area contributed by atoms with Crippen LogP contribution in [0.2, 0.25) is 0 Å². The Morgan fingerprint density at radius 1 is 0.941 bits per heavy atom. The second-order valence-corrected chi connectivity index (χ2v) is 9.33. The minimum atomic E-state index is -0.663. The molecule has 0 spiro atoms. The first-order chi connectivity index (χ1) is 16.5. The number of nitrogens with one attached hydrogen (secondary N) is 1. The van der Waals surface area contributed by atoms with Gasteiger partial charge < -0.3 is 10.2 Å². The molecule has 4 nitrogen and oxygen atoms in total. The molecule has 6 heteroatoms. The Kier molecular flexibility index (Phi) is 9.71. The smallest absolute Gasteiger partial charge is 0.243 e. The molecule has 1 atom stereocenters. The third kappa shape index (κ3) is 7.73. The lowest BCUT2D eigenvalue weighted by Gasteiger charge is -2.31. The highest BCUT2D eigenvalue weighted by Crippen LogP contribution is 2.21. The highest BCUT2D eigenvalue weighted by molar-refractivity contribution is 7.99. The first-order valence-electron chi connectivity index (χ1n) is 11.5. The lowest BCUT2D eigenvalue weighted by atomic mass is 10.0. The number of benzene rings is 3. The van der Waals surface area contributed by atoms with Crippen LogP contribution in [-0.4, -0.2) is 35.1 Å². The molecule has 2 amide bonds. The number of carbonyl (C=O) groups is 2. The van der Waals surface area contributed by atoms with Crippen LogP contribution < -0.4 is 5.32 Å². The zero-order valence-electron chi connectivity index (χ0n) is 19.7. The quantitative estimate of drug-likeness (QED) is 0.376. The summed E-state index contributed by atoms with van der Waals surface area (Å²) in [6.45, 7) is 4.62. The van der Waals surface area contributed by atoms with Gasteiger partial charge in [0, 0.05) is 36.6 Å². The highest BCUT2D eigenvalue weighted by atomic mass is 32.2. The van der Waals surface area contributed by atoms with Gasteiger partial charge >= 0.3 is 0 Å². The molecule has 3 aromatic carbocycles. The molecule has 0 aliphatic carbocycles. The molecule has 0 saturated carbocycles. The van der Waals surface area contributed by atoms with Crippen molar-refractivity contribution in [2.75, 3.05) is 12.3 Å². The van der Waals surface area contributed by atoms with E-state index in [0.717, 1.165) is 16.0 Å². The molecule has 0 bridgehead atoms. The van der Waals surface area contributed by atoms with Crippen LogP contribution in [0.3, 0.4) is 0 Å². The number of thioether (sulfide) groups is 1. The molecule has 0 aliphatic rings. The van der Waals surface area contributed by atoms with Crippen molar-refractivity contribution in [3.05, 3.63) is 101 Å². The Bertz CT molecular complexity index is 1060. The van der Waals surface area contributed by atoms with Gasteiger partial charge in [0.05, 0.1) is 0 Å². The monoisotopic (exact) mass is 478 g/mol.